The summed E-state index contributed by atoms with van der Waals surface area (Å²) in [5, 5.41) is 0. The lowest BCUT2D eigenvalue weighted by atomic mass is 10.1. The van der Waals surface area contributed by atoms with Gasteiger partial charge in [0.15, 0.2) is 0 Å². The first-order valence-corrected chi connectivity index (χ1v) is 13.6. The molecule has 1 heterocycles. The third-order valence-electron chi connectivity index (χ3n) is 6.72. The molecule has 1 unspecified atom stereocenters. The Morgan fingerprint density at radius 3 is 1.32 bits per heavy atom. The fourth-order valence-electron chi connectivity index (χ4n) is 4.78. The summed E-state index contributed by atoms with van der Waals surface area (Å²) in [5.41, 5.74) is 1.44. The van der Waals surface area contributed by atoms with E-state index in [0.29, 0.717) is 6.17 Å². The Balaban J connectivity index is 1.68. The SMILES string of the molecule is CCCCCCCCCCCCN1C=CN(CCCCCCCC)C1c1ccccc1. The molecule has 2 heteroatoms. The van der Waals surface area contributed by atoms with Gasteiger partial charge in [-0.15, -0.1) is 0 Å². The molecule has 1 aliphatic rings. The Kier molecular flexibility index (Phi) is 14.3. The van der Waals surface area contributed by atoms with Crippen LogP contribution in [0.3, 0.4) is 0 Å². The Bertz CT molecular complexity index is 553. The summed E-state index contributed by atoms with van der Waals surface area (Å²) >= 11 is 0. The molecule has 1 aromatic carbocycles. The van der Waals surface area contributed by atoms with Crippen LogP contribution >= 0.6 is 0 Å². The first-order chi connectivity index (χ1) is 15.4. The predicted octanol–water partition coefficient (Wildman–Crippen LogP) is 9.06. The van der Waals surface area contributed by atoms with Gasteiger partial charge < -0.3 is 9.80 Å². The van der Waals surface area contributed by atoms with E-state index in [1.807, 2.05) is 0 Å². The third-order valence-corrected chi connectivity index (χ3v) is 6.72. The van der Waals surface area contributed by atoms with Crippen LogP contribution in [0.1, 0.15) is 128 Å². The van der Waals surface area contributed by atoms with Gasteiger partial charge in [-0.1, -0.05) is 134 Å². The van der Waals surface area contributed by atoms with Crippen molar-refractivity contribution in [1.29, 1.82) is 0 Å². The Morgan fingerprint density at radius 1 is 0.516 bits per heavy atom. The first kappa shape index (κ1) is 25.8. The second-order valence-electron chi connectivity index (χ2n) is 9.51. The van der Waals surface area contributed by atoms with Crippen molar-refractivity contribution in [2.24, 2.45) is 0 Å². The molecule has 1 aromatic rings. The summed E-state index contributed by atoms with van der Waals surface area (Å²) in [6.07, 6.45) is 27.3. The zero-order valence-electron chi connectivity index (χ0n) is 20.7. The number of hydrogen-bond donors (Lipinski definition) is 0. The number of unbranched alkanes of at least 4 members (excludes halogenated alkanes) is 14. The third kappa shape index (κ3) is 10.6. The van der Waals surface area contributed by atoms with E-state index in [0.717, 1.165) is 0 Å². The molecule has 0 spiro atoms. The molecule has 0 N–H and O–H groups in total. The van der Waals surface area contributed by atoms with Crippen molar-refractivity contribution < 1.29 is 0 Å². The summed E-state index contributed by atoms with van der Waals surface area (Å²) in [6.45, 7) is 6.95. The van der Waals surface area contributed by atoms with Gasteiger partial charge in [-0.05, 0) is 18.4 Å². The molecule has 0 aliphatic carbocycles. The standard InChI is InChI=1S/C29H50N2/c1-3-5-7-9-11-12-13-14-16-21-25-31-27-26-30(24-20-15-10-8-6-4-2)29(31)28-22-18-17-19-23-28/h17-19,22-23,26-27,29H,3-16,20-21,24-25H2,1-2H3. The van der Waals surface area contributed by atoms with Gasteiger partial charge in [-0.25, -0.2) is 0 Å². The summed E-state index contributed by atoms with van der Waals surface area (Å²) in [4.78, 5) is 5.16. The Morgan fingerprint density at radius 2 is 0.903 bits per heavy atom. The lowest BCUT2D eigenvalue weighted by molar-refractivity contribution is 0.149. The molecular formula is C29H50N2. The summed E-state index contributed by atoms with van der Waals surface area (Å²) in [7, 11) is 0. The van der Waals surface area contributed by atoms with Crippen LogP contribution in [-0.2, 0) is 0 Å². The minimum atomic E-state index is 0.399. The molecule has 0 aromatic heterocycles. The summed E-state index contributed by atoms with van der Waals surface area (Å²) in [5.74, 6) is 0. The quantitative estimate of drug-likeness (QED) is 0.203. The molecule has 0 amide bonds. The highest BCUT2D eigenvalue weighted by Gasteiger charge is 2.26. The maximum absolute atomic E-state index is 2.58. The normalized spacial score (nSPS) is 15.9. The van der Waals surface area contributed by atoms with Crippen LogP contribution in [0.25, 0.3) is 0 Å². The highest BCUT2D eigenvalue weighted by atomic mass is 15.4. The van der Waals surface area contributed by atoms with Crippen molar-refractivity contribution in [1.82, 2.24) is 9.80 Å². The van der Waals surface area contributed by atoms with Crippen molar-refractivity contribution >= 4 is 0 Å². The van der Waals surface area contributed by atoms with Crippen LogP contribution in [0.4, 0.5) is 0 Å². The molecule has 0 bridgehead atoms. The van der Waals surface area contributed by atoms with E-state index in [2.05, 4.69) is 66.4 Å². The molecule has 176 valence electrons. The number of benzene rings is 1. The molecule has 0 saturated heterocycles. The molecule has 1 aliphatic heterocycles. The maximum atomic E-state index is 2.58. The van der Waals surface area contributed by atoms with E-state index < -0.39 is 0 Å². The lowest BCUT2D eigenvalue weighted by Gasteiger charge is -2.33. The minimum Gasteiger partial charge on any atom is -0.352 e. The van der Waals surface area contributed by atoms with E-state index >= 15 is 0 Å². The van der Waals surface area contributed by atoms with E-state index in [4.69, 9.17) is 0 Å². The van der Waals surface area contributed by atoms with Crippen molar-refractivity contribution in [3.63, 3.8) is 0 Å². The zero-order chi connectivity index (χ0) is 22.0. The van der Waals surface area contributed by atoms with Crippen molar-refractivity contribution in [3.8, 4) is 0 Å². The van der Waals surface area contributed by atoms with Crippen LogP contribution in [0, 0.1) is 0 Å². The molecular weight excluding hydrogens is 376 g/mol. The monoisotopic (exact) mass is 426 g/mol. The molecule has 31 heavy (non-hydrogen) atoms. The van der Waals surface area contributed by atoms with Crippen LogP contribution in [-0.4, -0.2) is 22.9 Å². The first-order valence-electron chi connectivity index (χ1n) is 13.6. The van der Waals surface area contributed by atoms with Crippen LogP contribution in [0.5, 0.6) is 0 Å². The molecule has 0 fully saturated rings. The largest absolute Gasteiger partial charge is 0.352 e. The van der Waals surface area contributed by atoms with Crippen molar-refractivity contribution in [2.75, 3.05) is 13.1 Å². The maximum Gasteiger partial charge on any atom is 0.127 e. The fraction of sp³-hybridized carbons (Fsp3) is 0.724. The zero-order valence-corrected chi connectivity index (χ0v) is 20.7. The molecule has 2 nitrogen and oxygen atoms in total. The molecule has 0 saturated carbocycles. The van der Waals surface area contributed by atoms with Gasteiger partial charge in [0.2, 0.25) is 0 Å². The van der Waals surface area contributed by atoms with Gasteiger partial charge >= 0.3 is 0 Å². The van der Waals surface area contributed by atoms with Gasteiger partial charge in [0.05, 0.1) is 0 Å². The van der Waals surface area contributed by atoms with Crippen LogP contribution in [0.2, 0.25) is 0 Å². The van der Waals surface area contributed by atoms with E-state index in [-0.39, 0.29) is 0 Å². The Labute approximate surface area is 194 Å². The molecule has 1 atom stereocenters. The average Bonchev–Trinajstić information content (AvgIpc) is 3.20. The number of hydrogen-bond acceptors (Lipinski definition) is 2. The van der Waals surface area contributed by atoms with E-state index in [9.17, 15) is 0 Å². The van der Waals surface area contributed by atoms with Gasteiger partial charge in [0.25, 0.3) is 0 Å². The second kappa shape index (κ2) is 17.2. The second-order valence-corrected chi connectivity index (χ2v) is 9.51. The van der Waals surface area contributed by atoms with Gasteiger partial charge in [-0.2, -0.15) is 0 Å². The van der Waals surface area contributed by atoms with Gasteiger partial charge in [0.1, 0.15) is 6.17 Å². The summed E-state index contributed by atoms with van der Waals surface area (Å²) < 4.78 is 0. The predicted molar refractivity (Wildman–Crippen MR) is 137 cm³/mol. The molecule has 2 rings (SSSR count). The number of nitrogens with zero attached hydrogens (tertiary/aromatic N) is 2. The van der Waals surface area contributed by atoms with E-state index in [1.165, 1.54) is 121 Å². The van der Waals surface area contributed by atoms with Crippen molar-refractivity contribution in [2.45, 2.75) is 123 Å². The molecule has 0 radical (unpaired) electrons. The highest BCUT2D eigenvalue weighted by Crippen LogP contribution is 2.31. The lowest BCUT2D eigenvalue weighted by Crippen LogP contribution is -2.32. The minimum absolute atomic E-state index is 0.399. The van der Waals surface area contributed by atoms with Gasteiger partial charge in [0, 0.05) is 25.5 Å². The van der Waals surface area contributed by atoms with Gasteiger partial charge in [-0.3, -0.25) is 0 Å². The topological polar surface area (TPSA) is 6.48 Å². The fourth-order valence-corrected chi connectivity index (χ4v) is 4.78. The van der Waals surface area contributed by atoms with Crippen LogP contribution in [0.15, 0.2) is 42.7 Å². The average molecular weight is 427 g/mol. The number of rotatable bonds is 19. The van der Waals surface area contributed by atoms with E-state index in [1.54, 1.807) is 0 Å². The smallest absolute Gasteiger partial charge is 0.127 e. The highest BCUT2D eigenvalue weighted by molar-refractivity contribution is 5.21. The Hall–Kier alpha value is -1.44. The summed E-state index contributed by atoms with van der Waals surface area (Å²) in [6, 6.07) is 11.1. The van der Waals surface area contributed by atoms with Crippen LogP contribution < -0.4 is 0 Å². The van der Waals surface area contributed by atoms with Crippen molar-refractivity contribution in [3.05, 3.63) is 48.3 Å².